The Labute approximate surface area is 204 Å². The van der Waals surface area contributed by atoms with Gasteiger partial charge in [-0.15, -0.1) is 12.4 Å². The van der Waals surface area contributed by atoms with Crippen LogP contribution in [0.2, 0.25) is 0 Å². The Morgan fingerprint density at radius 2 is 1.82 bits per heavy atom. The van der Waals surface area contributed by atoms with Gasteiger partial charge in [0, 0.05) is 57.5 Å². The van der Waals surface area contributed by atoms with Crippen LogP contribution in [0.15, 0.2) is 12.4 Å². The van der Waals surface area contributed by atoms with E-state index in [-0.39, 0.29) is 30.8 Å². The highest BCUT2D eigenvalue weighted by Crippen LogP contribution is 2.19. The second kappa shape index (κ2) is 15.3. The fourth-order valence-corrected chi connectivity index (χ4v) is 4.59. The normalized spacial score (nSPS) is 17.5. The van der Waals surface area contributed by atoms with Gasteiger partial charge in [-0.1, -0.05) is 32.6 Å². The van der Waals surface area contributed by atoms with Gasteiger partial charge in [-0.2, -0.15) is 0 Å². The number of ether oxygens (including phenoxy) is 2. The van der Waals surface area contributed by atoms with Crippen molar-refractivity contribution in [2.75, 3.05) is 46.0 Å². The molecule has 0 aliphatic carbocycles. The Morgan fingerprint density at radius 3 is 2.55 bits per heavy atom. The van der Waals surface area contributed by atoms with E-state index in [0.29, 0.717) is 25.5 Å². The molecule has 0 aromatic carbocycles. The van der Waals surface area contributed by atoms with Gasteiger partial charge < -0.3 is 18.9 Å². The smallest absolute Gasteiger partial charge is 0.325 e. The molecular formula is C24H41ClN4O4. The first-order valence-electron chi connectivity index (χ1n) is 12.4. The molecule has 2 fully saturated rings. The van der Waals surface area contributed by atoms with Crippen molar-refractivity contribution in [1.29, 1.82) is 0 Å². The first-order valence-corrected chi connectivity index (χ1v) is 12.4. The molecule has 1 aromatic rings. The largest absolute Gasteiger partial charge is 0.464 e. The molecule has 1 amide bonds. The van der Waals surface area contributed by atoms with E-state index < -0.39 is 0 Å². The predicted molar refractivity (Wildman–Crippen MR) is 130 cm³/mol. The SMILES string of the molecule is CCCCCCCOC(=O)Cn1ccnc1CCC(=O)N1CCC(N2CCOCC2)CC1.Cl. The van der Waals surface area contributed by atoms with Gasteiger partial charge in [-0.25, -0.2) is 4.98 Å². The highest BCUT2D eigenvalue weighted by molar-refractivity contribution is 5.85. The van der Waals surface area contributed by atoms with Crippen molar-refractivity contribution < 1.29 is 19.1 Å². The van der Waals surface area contributed by atoms with Gasteiger partial charge in [0.05, 0.1) is 19.8 Å². The fourth-order valence-electron chi connectivity index (χ4n) is 4.59. The van der Waals surface area contributed by atoms with Crippen LogP contribution in [0, 0.1) is 0 Å². The van der Waals surface area contributed by atoms with E-state index in [1.165, 1.54) is 19.3 Å². The number of aromatic nitrogens is 2. The quantitative estimate of drug-likeness (QED) is 0.335. The maximum Gasteiger partial charge on any atom is 0.325 e. The highest BCUT2D eigenvalue weighted by Gasteiger charge is 2.27. The van der Waals surface area contributed by atoms with Gasteiger partial charge >= 0.3 is 5.97 Å². The maximum absolute atomic E-state index is 12.7. The van der Waals surface area contributed by atoms with Crippen LogP contribution in [0.4, 0.5) is 0 Å². The minimum atomic E-state index is -0.240. The summed E-state index contributed by atoms with van der Waals surface area (Å²) in [6.07, 6.45) is 12.2. The topological polar surface area (TPSA) is 76.9 Å². The Kier molecular flexibility index (Phi) is 12.8. The van der Waals surface area contributed by atoms with Gasteiger partial charge in [0.15, 0.2) is 0 Å². The number of aryl methyl sites for hydroxylation is 1. The van der Waals surface area contributed by atoms with Crippen LogP contribution in [0.25, 0.3) is 0 Å². The summed E-state index contributed by atoms with van der Waals surface area (Å²) in [5, 5.41) is 0. The monoisotopic (exact) mass is 484 g/mol. The molecule has 0 spiro atoms. The third-order valence-corrected chi connectivity index (χ3v) is 6.55. The van der Waals surface area contributed by atoms with Crippen molar-refractivity contribution in [1.82, 2.24) is 19.4 Å². The van der Waals surface area contributed by atoms with E-state index in [1.807, 2.05) is 4.90 Å². The van der Waals surface area contributed by atoms with Crippen LogP contribution in [0.3, 0.4) is 0 Å². The second-order valence-electron chi connectivity index (χ2n) is 8.87. The minimum Gasteiger partial charge on any atom is -0.464 e. The summed E-state index contributed by atoms with van der Waals surface area (Å²) in [5.74, 6) is 0.701. The highest BCUT2D eigenvalue weighted by atomic mass is 35.5. The van der Waals surface area contributed by atoms with E-state index in [4.69, 9.17) is 9.47 Å². The van der Waals surface area contributed by atoms with E-state index in [1.54, 1.807) is 17.0 Å². The van der Waals surface area contributed by atoms with E-state index in [9.17, 15) is 9.59 Å². The van der Waals surface area contributed by atoms with Gasteiger partial charge in [-0.05, 0) is 19.3 Å². The third-order valence-electron chi connectivity index (χ3n) is 6.55. The van der Waals surface area contributed by atoms with Gasteiger partial charge in [-0.3, -0.25) is 14.5 Å². The molecule has 0 unspecified atom stereocenters. The average molecular weight is 485 g/mol. The minimum absolute atomic E-state index is 0. The van der Waals surface area contributed by atoms with Gasteiger partial charge in [0.1, 0.15) is 12.4 Å². The lowest BCUT2D eigenvalue weighted by Gasteiger charge is -2.40. The molecule has 0 atom stereocenters. The van der Waals surface area contributed by atoms with Crippen molar-refractivity contribution in [2.45, 2.75) is 77.3 Å². The summed E-state index contributed by atoms with van der Waals surface area (Å²) >= 11 is 0. The molecule has 33 heavy (non-hydrogen) atoms. The van der Waals surface area contributed by atoms with E-state index in [0.717, 1.165) is 70.9 Å². The molecule has 0 bridgehead atoms. The second-order valence-corrected chi connectivity index (χ2v) is 8.87. The molecule has 0 saturated carbocycles. The Balaban J connectivity index is 0.00000385. The standard InChI is InChI=1S/C24H40N4O4.ClH/c1-2-3-4-5-6-17-32-24(30)20-28-14-11-25-22(28)7-8-23(29)27-12-9-21(10-13-27)26-15-18-31-19-16-26;/h11,14,21H,2-10,12-13,15-20H2,1H3;1H. The molecule has 3 rings (SSSR count). The molecule has 2 aliphatic heterocycles. The van der Waals surface area contributed by atoms with Crippen LogP contribution in [0.1, 0.15) is 64.1 Å². The van der Waals surface area contributed by atoms with Crippen LogP contribution >= 0.6 is 12.4 Å². The summed E-state index contributed by atoms with van der Waals surface area (Å²) in [4.78, 5) is 33.7. The van der Waals surface area contributed by atoms with E-state index >= 15 is 0 Å². The molecule has 1 aromatic heterocycles. The first kappa shape index (κ1) is 27.6. The Bertz CT molecular complexity index is 700. The Hall–Kier alpha value is -1.64. The number of carbonyl (C=O) groups is 2. The number of nitrogens with zero attached hydrogens (tertiary/aromatic N) is 4. The van der Waals surface area contributed by atoms with Crippen molar-refractivity contribution in [3.63, 3.8) is 0 Å². The molecule has 0 N–H and O–H groups in total. The first-order chi connectivity index (χ1) is 15.7. The molecule has 0 radical (unpaired) electrons. The molecule has 3 heterocycles. The van der Waals surface area contributed by atoms with Crippen molar-refractivity contribution in [3.8, 4) is 0 Å². The summed E-state index contributed by atoms with van der Waals surface area (Å²) in [7, 11) is 0. The number of halogens is 1. The lowest BCUT2D eigenvalue weighted by atomic mass is 10.0. The van der Waals surface area contributed by atoms with Crippen LogP contribution in [-0.2, 0) is 32.0 Å². The van der Waals surface area contributed by atoms with Crippen molar-refractivity contribution >= 4 is 24.3 Å². The molecule has 2 aliphatic rings. The van der Waals surface area contributed by atoms with Crippen molar-refractivity contribution in [3.05, 3.63) is 18.2 Å². The zero-order valence-corrected chi connectivity index (χ0v) is 20.9. The number of piperidine rings is 1. The molecule has 188 valence electrons. The number of amides is 1. The number of hydrogen-bond donors (Lipinski definition) is 0. The number of esters is 1. The summed E-state index contributed by atoms with van der Waals surface area (Å²) < 4.78 is 12.6. The number of likely N-dealkylation sites (tertiary alicyclic amines) is 1. The summed E-state index contributed by atoms with van der Waals surface area (Å²) in [5.41, 5.74) is 0. The van der Waals surface area contributed by atoms with Gasteiger partial charge in [0.2, 0.25) is 5.91 Å². The maximum atomic E-state index is 12.7. The summed E-state index contributed by atoms with van der Waals surface area (Å²) in [6.45, 7) is 8.10. The number of rotatable bonds is 12. The Morgan fingerprint density at radius 1 is 1.09 bits per heavy atom. The number of hydrogen-bond acceptors (Lipinski definition) is 6. The number of carbonyl (C=O) groups excluding carboxylic acids is 2. The molecule has 8 nitrogen and oxygen atoms in total. The van der Waals surface area contributed by atoms with Crippen LogP contribution in [-0.4, -0.2) is 83.3 Å². The fraction of sp³-hybridized carbons (Fsp3) is 0.792. The summed E-state index contributed by atoms with van der Waals surface area (Å²) in [6, 6.07) is 0.569. The zero-order chi connectivity index (χ0) is 22.6. The molecular weight excluding hydrogens is 444 g/mol. The van der Waals surface area contributed by atoms with Gasteiger partial charge in [0.25, 0.3) is 0 Å². The lowest BCUT2D eigenvalue weighted by molar-refractivity contribution is -0.144. The van der Waals surface area contributed by atoms with Crippen LogP contribution in [0.5, 0.6) is 0 Å². The lowest BCUT2D eigenvalue weighted by Crippen LogP contribution is -2.50. The predicted octanol–water partition coefficient (Wildman–Crippen LogP) is 3.07. The number of unbranched alkanes of at least 4 members (excludes halogenated alkanes) is 4. The van der Waals surface area contributed by atoms with E-state index in [2.05, 4.69) is 16.8 Å². The molecule has 2 saturated heterocycles. The zero-order valence-electron chi connectivity index (χ0n) is 20.1. The number of morpholine rings is 1. The van der Waals surface area contributed by atoms with Crippen molar-refractivity contribution in [2.24, 2.45) is 0 Å². The van der Waals surface area contributed by atoms with Crippen LogP contribution < -0.4 is 0 Å². The average Bonchev–Trinajstić information content (AvgIpc) is 3.27. The third kappa shape index (κ3) is 9.26. The number of imidazole rings is 1. The molecule has 9 heteroatoms.